The molecule has 4 aromatic rings. The van der Waals surface area contributed by atoms with Crippen LogP contribution in [-0.4, -0.2) is 19.2 Å². The molecule has 0 unspecified atom stereocenters. The summed E-state index contributed by atoms with van der Waals surface area (Å²) in [6.07, 6.45) is 0. The molecule has 30 heavy (non-hydrogen) atoms. The molecule has 1 aromatic heterocycles. The van der Waals surface area contributed by atoms with E-state index < -0.39 is 5.56 Å². The highest BCUT2D eigenvalue weighted by Gasteiger charge is 2.22. The first-order valence-corrected chi connectivity index (χ1v) is 9.98. The SMILES string of the molecule is O=c1c(C(=S)Nc2ccccc2)c(O)n(-c2ccccc2)c(=S)n1-c1ccccc1. The summed E-state index contributed by atoms with van der Waals surface area (Å²) in [6.45, 7) is 0. The zero-order chi connectivity index (χ0) is 21.1. The third-order valence-electron chi connectivity index (χ3n) is 4.52. The lowest BCUT2D eigenvalue weighted by Crippen LogP contribution is -2.31. The van der Waals surface area contributed by atoms with Crippen molar-refractivity contribution < 1.29 is 5.11 Å². The number of anilines is 1. The monoisotopic (exact) mass is 431 g/mol. The van der Waals surface area contributed by atoms with Crippen LogP contribution in [0.2, 0.25) is 0 Å². The molecule has 1 heterocycles. The van der Waals surface area contributed by atoms with Gasteiger partial charge in [0.05, 0.1) is 11.4 Å². The Balaban J connectivity index is 1.99. The van der Waals surface area contributed by atoms with E-state index in [0.717, 1.165) is 0 Å². The molecule has 148 valence electrons. The Morgan fingerprint density at radius 2 is 1.23 bits per heavy atom. The normalized spacial score (nSPS) is 10.5. The van der Waals surface area contributed by atoms with Gasteiger partial charge in [0.2, 0.25) is 5.88 Å². The van der Waals surface area contributed by atoms with E-state index in [2.05, 4.69) is 5.32 Å². The zero-order valence-electron chi connectivity index (χ0n) is 15.7. The second-order valence-electron chi connectivity index (χ2n) is 6.45. The molecule has 0 fully saturated rings. The molecule has 4 rings (SSSR count). The fraction of sp³-hybridized carbons (Fsp3) is 0. The lowest BCUT2D eigenvalue weighted by molar-refractivity contribution is 0.430. The minimum absolute atomic E-state index is 0.0323. The van der Waals surface area contributed by atoms with E-state index in [1.807, 2.05) is 66.7 Å². The van der Waals surface area contributed by atoms with Crippen molar-refractivity contribution in [1.82, 2.24) is 9.13 Å². The molecule has 0 bridgehead atoms. The molecule has 5 nitrogen and oxygen atoms in total. The molecule has 3 aromatic carbocycles. The molecule has 0 aliphatic heterocycles. The van der Waals surface area contributed by atoms with E-state index in [1.54, 1.807) is 24.3 Å². The van der Waals surface area contributed by atoms with E-state index >= 15 is 0 Å². The lowest BCUT2D eigenvalue weighted by atomic mass is 10.2. The first-order chi connectivity index (χ1) is 14.6. The van der Waals surface area contributed by atoms with Gasteiger partial charge in [0, 0.05) is 5.69 Å². The van der Waals surface area contributed by atoms with Crippen LogP contribution in [-0.2, 0) is 0 Å². The molecule has 0 saturated heterocycles. The highest BCUT2D eigenvalue weighted by molar-refractivity contribution is 7.81. The van der Waals surface area contributed by atoms with Crippen molar-refractivity contribution in [3.05, 3.63) is 112 Å². The summed E-state index contributed by atoms with van der Waals surface area (Å²) in [5.74, 6) is -0.309. The van der Waals surface area contributed by atoms with Gasteiger partial charge in [0.25, 0.3) is 5.56 Å². The summed E-state index contributed by atoms with van der Waals surface area (Å²) in [5, 5.41) is 14.1. The van der Waals surface area contributed by atoms with Crippen LogP contribution in [0.15, 0.2) is 95.8 Å². The van der Waals surface area contributed by atoms with Crippen molar-refractivity contribution >= 4 is 35.1 Å². The summed E-state index contributed by atoms with van der Waals surface area (Å²) >= 11 is 11.1. The summed E-state index contributed by atoms with van der Waals surface area (Å²) in [4.78, 5) is 13.5. The minimum Gasteiger partial charge on any atom is -0.493 e. The molecule has 0 saturated carbocycles. The molecule has 0 spiro atoms. The molecular weight excluding hydrogens is 414 g/mol. The summed E-state index contributed by atoms with van der Waals surface area (Å²) in [6, 6.07) is 27.4. The average Bonchev–Trinajstić information content (AvgIpc) is 2.76. The van der Waals surface area contributed by atoms with Crippen molar-refractivity contribution in [2.24, 2.45) is 0 Å². The van der Waals surface area contributed by atoms with E-state index in [1.165, 1.54) is 9.13 Å². The van der Waals surface area contributed by atoms with E-state index in [4.69, 9.17) is 24.4 Å². The van der Waals surface area contributed by atoms with Gasteiger partial charge >= 0.3 is 0 Å². The van der Waals surface area contributed by atoms with Crippen molar-refractivity contribution in [3.8, 4) is 17.3 Å². The van der Waals surface area contributed by atoms with Crippen LogP contribution in [0.4, 0.5) is 5.69 Å². The Labute approximate surface area is 183 Å². The van der Waals surface area contributed by atoms with Crippen LogP contribution >= 0.6 is 24.4 Å². The van der Waals surface area contributed by atoms with Gasteiger partial charge in [-0.2, -0.15) is 0 Å². The van der Waals surface area contributed by atoms with E-state index in [-0.39, 0.29) is 21.2 Å². The maximum Gasteiger partial charge on any atom is 0.273 e. The molecule has 0 radical (unpaired) electrons. The van der Waals surface area contributed by atoms with Gasteiger partial charge in [0.15, 0.2) is 4.77 Å². The molecule has 0 aliphatic rings. The van der Waals surface area contributed by atoms with Gasteiger partial charge in [-0.15, -0.1) is 0 Å². The van der Waals surface area contributed by atoms with E-state index in [9.17, 15) is 9.90 Å². The lowest BCUT2D eigenvalue weighted by Gasteiger charge is -2.18. The van der Waals surface area contributed by atoms with Crippen LogP contribution in [0.3, 0.4) is 0 Å². The number of nitrogens with one attached hydrogen (secondary N) is 1. The van der Waals surface area contributed by atoms with Crippen molar-refractivity contribution in [2.45, 2.75) is 0 Å². The van der Waals surface area contributed by atoms with Gasteiger partial charge in [-0.25, -0.2) is 0 Å². The fourth-order valence-corrected chi connectivity index (χ4v) is 3.80. The standard InChI is InChI=1S/C23H17N3O2S2/c27-21-19(20(29)24-16-10-4-1-5-11-16)22(28)26(18-14-8-3-9-15-18)23(30)25(21)17-12-6-2-7-13-17/h1-15,27H,(H,24,29). The number of aromatic hydroxyl groups is 1. The molecule has 0 amide bonds. The number of thiocarbonyl (C=S) groups is 1. The van der Waals surface area contributed by atoms with Crippen molar-refractivity contribution in [3.63, 3.8) is 0 Å². The van der Waals surface area contributed by atoms with Gasteiger partial charge in [0.1, 0.15) is 10.6 Å². The number of para-hydroxylation sites is 3. The Bertz CT molecular complexity index is 1320. The number of hydrogen-bond donors (Lipinski definition) is 2. The minimum atomic E-state index is -0.496. The highest BCUT2D eigenvalue weighted by Crippen LogP contribution is 2.23. The van der Waals surface area contributed by atoms with Crippen molar-refractivity contribution in [1.29, 1.82) is 0 Å². The Morgan fingerprint density at radius 3 is 1.77 bits per heavy atom. The maximum absolute atomic E-state index is 13.4. The highest BCUT2D eigenvalue weighted by atomic mass is 32.1. The van der Waals surface area contributed by atoms with Crippen LogP contribution in [0.1, 0.15) is 5.56 Å². The predicted octanol–water partition coefficient (Wildman–Crippen LogP) is 4.85. The van der Waals surface area contributed by atoms with Crippen LogP contribution in [0.5, 0.6) is 5.88 Å². The van der Waals surface area contributed by atoms with Crippen molar-refractivity contribution in [2.75, 3.05) is 5.32 Å². The van der Waals surface area contributed by atoms with Gasteiger partial charge in [-0.1, -0.05) is 66.8 Å². The number of aromatic nitrogens is 2. The molecule has 0 atom stereocenters. The molecule has 7 heteroatoms. The topological polar surface area (TPSA) is 59.2 Å². The number of rotatable bonds is 4. The van der Waals surface area contributed by atoms with Gasteiger partial charge in [-0.3, -0.25) is 13.9 Å². The smallest absolute Gasteiger partial charge is 0.273 e. The molecular formula is C23H17N3O2S2. The quantitative estimate of drug-likeness (QED) is 0.452. The second-order valence-corrected chi connectivity index (χ2v) is 7.22. The maximum atomic E-state index is 13.4. The van der Waals surface area contributed by atoms with Gasteiger partial charge in [-0.05, 0) is 48.6 Å². The second kappa shape index (κ2) is 8.44. The third kappa shape index (κ3) is 3.68. The predicted molar refractivity (Wildman–Crippen MR) is 126 cm³/mol. The van der Waals surface area contributed by atoms with E-state index in [0.29, 0.717) is 17.1 Å². The fourth-order valence-electron chi connectivity index (χ4n) is 3.13. The Hall–Kier alpha value is -3.55. The summed E-state index contributed by atoms with van der Waals surface area (Å²) in [5.41, 5.74) is 1.38. The Kier molecular flexibility index (Phi) is 5.56. The first kappa shape index (κ1) is 19.8. The Morgan fingerprint density at radius 1 is 0.767 bits per heavy atom. The first-order valence-electron chi connectivity index (χ1n) is 9.16. The van der Waals surface area contributed by atoms with Crippen LogP contribution in [0.25, 0.3) is 11.4 Å². The summed E-state index contributed by atoms with van der Waals surface area (Å²) < 4.78 is 2.95. The van der Waals surface area contributed by atoms with Crippen LogP contribution < -0.4 is 10.9 Å². The number of benzene rings is 3. The molecule has 2 N–H and O–H groups in total. The largest absolute Gasteiger partial charge is 0.493 e. The van der Waals surface area contributed by atoms with Gasteiger partial charge < -0.3 is 10.4 Å². The summed E-state index contributed by atoms with van der Waals surface area (Å²) in [7, 11) is 0. The number of nitrogens with zero attached hydrogens (tertiary/aromatic N) is 2. The zero-order valence-corrected chi connectivity index (χ0v) is 17.4. The van der Waals surface area contributed by atoms with Crippen LogP contribution in [0, 0.1) is 4.77 Å². The average molecular weight is 432 g/mol. The number of hydrogen-bond acceptors (Lipinski definition) is 4. The third-order valence-corrected chi connectivity index (χ3v) is 5.19. The molecule has 0 aliphatic carbocycles.